The number of piperidine rings is 1. The van der Waals surface area contributed by atoms with Gasteiger partial charge in [-0.05, 0) is 80.8 Å². The number of carbonyl (C=O) groups is 2. The van der Waals surface area contributed by atoms with Crippen LogP contribution in [0.15, 0.2) is 46.0 Å². The van der Waals surface area contributed by atoms with Crippen LogP contribution in [0.5, 0.6) is 0 Å². The van der Waals surface area contributed by atoms with E-state index >= 15 is 0 Å². The number of fused-ring (bicyclic) bond motifs is 1. The van der Waals surface area contributed by atoms with E-state index < -0.39 is 5.91 Å². The van der Waals surface area contributed by atoms with Gasteiger partial charge < -0.3 is 9.47 Å². The third-order valence-electron chi connectivity index (χ3n) is 6.34. The van der Waals surface area contributed by atoms with Gasteiger partial charge in [0.05, 0.1) is 12.0 Å². The molecule has 4 heterocycles. The van der Waals surface area contributed by atoms with Crippen molar-refractivity contribution >= 4 is 57.3 Å². The van der Waals surface area contributed by atoms with E-state index in [1.165, 1.54) is 16.8 Å². The minimum atomic E-state index is -0.486. The van der Waals surface area contributed by atoms with Gasteiger partial charge in [0.25, 0.3) is 5.91 Å². The van der Waals surface area contributed by atoms with Crippen molar-refractivity contribution in [1.82, 2.24) is 14.5 Å². The van der Waals surface area contributed by atoms with Gasteiger partial charge in [0.1, 0.15) is 5.04 Å². The fourth-order valence-corrected chi connectivity index (χ4v) is 5.65. The van der Waals surface area contributed by atoms with Crippen molar-refractivity contribution in [2.75, 3.05) is 13.1 Å². The molecule has 1 aromatic carbocycles. The zero-order valence-electron chi connectivity index (χ0n) is 19.5. The number of hydrazone groups is 1. The summed E-state index contributed by atoms with van der Waals surface area (Å²) in [6.45, 7) is 5.49. The van der Waals surface area contributed by atoms with Crippen LogP contribution in [0, 0.1) is 19.3 Å². The molecule has 8 nitrogen and oxygen atoms in total. The van der Waals surface area contributed by atoms with E-state index in [-0.39, 0.29) is 23.7 Å². The molecule has 0 radical (unpaired) electrons. The number of rotatable bonds is 4. The largest absolute Gasteiger partial charge is 0.342 e. The van der Waals surface area contributed by atoms with Gasteiger partial charge in [-0.3, -0.25) is 15.0 Å². The van der Waals surface area contributed by atoms with Gasteiger partial charge in [0.2, 0.25) is 11.1 Å². The van der Waals surface area contributed by atoms with E-state index in [1.807, 2.05) is 49.1 Å². The Balaban J connectivity index is 1.40. The Kier molecular flexibility index (Phi) is 6.37. The first-order valence-corrected chi connectivity index (χ1v) is 12.7. The summed E-state index contributed by atoms with van der Waals surface area (Å²) in [5, 5.41) is 16.0. The Labute approximate surface area is 212 Å². The summed E-state index contributed by atoms with van der Waals surface area (Å²) >= 11 is 7.37. The molecule has 2 amide bonds. The second-order valence-corrected chi connectivity index (χ2v) is 10.3. The van der Waals surface area contributed by atoms with Crippen LogP contribution in [0.4, 0.5) is 0 Å². The van der Waals surface area contributed by atoms with Crippen molar-refractivity contribution in [3.8, 4) is 5.69 Å². The number of nitrogens with one attached hydrogen (secondary N) is 1. The second-order valence-electron chi connectivity index (χ2n) is 8.77. The lowest BCUT2D eigenvalue weighted by Crippen LogP contribution is -2.36. The van der Waals surface area contributed by atoms with Crippen LogP contribution in [0.2, 0.25) is 5.02 Å². The number of aryl methyl sites for hydroxylation is 1. The molecule has 0 bridgehead atoms. The third kappa shape index (κ3) is 4.58. The number of amidine groups is 2. The van der Waals surface area contributed by atoms with Gasteiger partial charge in [-0.25, -0.2) is 0 Å². The van der Waals surface area contributed by atoms with Crippen molar-refractivity contribution in [2.45, 2.75) is 39.5 Å². The van der Waals surface area contributed by atoms with Gasteiger partial charge in [-0.1, -0.05) is 17.7 Å². The topological polar surface area (TPSA) is 94.1 Å². The van der Waals surface area contributed by atoms with Crippen molar-refractivity contribution in [3.05, 3.63) is 57.9 Å². The summed E-state index contributed by atoms with van der Waals surface area (Å²) in [6, 6.07) is 9.53. The van der Waals surface area contributed by atoms with Crippen LogP contribution in [0.3, 0.4) is 0 Å². The van der Waals surface area contributed by atoms with Crippen molar-refractivity contribution in [3.63, 3.8) is 0 Å². The van der Waals surface area contributed by atoms with Crippen LogP contribution in [-0.4, -0.2) is 55.4 Å². The second kappa shape index (κ2) is 9.47. The first-order chi connectivity index (χ1) is 16.8. The summed E-state index contributed by atoms with van der Waals surface area (Å²) < 4.78 is 2.05. The van der Waals surface area contributed by atoms with E-state index in [0.29, 0.717) is 15.2 Å². The monoisotopic (exact) mass is 508 g/mol. The maximum absolute atomic E-state index is 12.9. The van der Waals surface area contributed by atoms with Gasteiger partial charge in [0.15, 0.2) is 5.84 Å². The lowest BCUT2D eigenvalue weighted by atomic mass is 10.1. The first kappa shape index (κ1) is 23.6. The Bertz CT molecular complexity index is 1340. The molecular weight excluding hydrogens is 484 g/mol. The number of thioether (sulfide) groups is 1. The van der Waals surface area contributed by atoms with Gasteiger partial charge in [-0.2, -0.15) is 15.1 Å². The number of hydrogen-bond donors (Lipinski definition) is 1. The highest BCUT2D eigenvalue weighted by Crippen LogP contribution is 2.31. The number of nitrogens with zero attached hydrogens (tertiary/aromatic N) is 5. The molecule has 1 N–H and O–H groups in total. The standard InChI is InChI=1S/C25H25ClN6O2S/c1-15-11-17(16(2)31(15)19-8-6-7-18(26)13-19)12-20-23(27)32-25(28-24(20)34)35-21(29-32)14-22(33)30-9-4-3-5-10-30/h6-8,11-13,27H,3-5,9-10,14H2,1-2H3. The van der Waals surface area contributed by atoms with E-state index in [0.717, 1.165) is 55.0 Å². The van der Waals surface area contributed by atoms with Gasteiger partial charge in [0, 0.05) is 35.2 Å². The third-order valence-corrected chi connectivity index (χ3v) is 7.49. The van der Waals surface area contributed by atoms with E-state index in [1.54, 1.807) is 6.08 Å². The average molecular weight is 509 g/mol. The van der Waals surface area contributed by atoms with Crippen LogP contribution >= 0.6 is 23.4 Å². The summed E-state index contributed by atoms with van der Waals surface area (Å²) in [7, 11) is 0. The lowest BCUT2D eigenvalue weighted by Gasteiger charge is -2.26. The minimum absolute atomic E-state index is 0.0264. The number of aliphatic imine (C=N–C) groups is 1. The Morgan fingerprint density at radius 2 is 1.97 bits per heavy atom. The number of carbonyl (C=O) groups excluding carboxylic acids is 2. The Hall–Kier alpha value is -3.17. The Morgan fingerprint density at radius 3 is 2.71 bits per heavy atom. The fraction of sp³-hybridized carbons (Fsp3) is 0.320. The van der Waals surface area contributed by atoms with E-state index in [4.69, 9.17) is 17.0 Å². The molecule has 2 aromatic rings. The molecule has 3 aliphatic heterocycles. The zero-order chi connectivity index (χ0) is 24.7. The zero-order valence-corrected chi connectivity index (χ0v) is 21.1. The molecule has 0 saturated carbocycles. The molecule has 0 unspecified atom stereocenters. The first-order valence-electron chi connectivity index (χ1n) is 11.5. The van der Waals surface area contributed by atoms with Crippen molar-refractivity contribution in [2.24, 2.45) is 10.1 Å². The van der Waals surface area contributed by atoms with Crippen LogP contribution in [0.1, 0.15) is 42.6 Å². The maximum Gasteiger partial charge on any atom is 0.283 e. The molecule has 10 heteroatoms. The van der Waals surface area contributed by atoms with Gasteiger partial charge >= 0.3 is 0 Å². The highest BCUT2D eigenvalue weighted by molar-refractivity contribution is 8.27. The molecular formula is C25H25ClN6O2S. The fourth-order valence-electron chi connectivity index (χ4n) is 4.59. The normalized spacial score (nSPS) is 19.2. The molecule has 180 valence electrons. The molecule has 1 fully saturated rings. The molecule has 5 rings (SSSR count). The number of halogens is 1. The number of amides is 2. The highest BCUT2D eigenvalue weighted by Gasteiger charge is 2.36. The predicted molar refractivity (Wildman–Crippen MR) is 140 cm³/mol. The highest BCUT2D eigenvalue weighted by atomic mass is 35.5. The smallest absolute Gasteiger partial charge is 0.283 e. The summed E-state index contributed by atoms with van der Waals surface area (Å²) in [6.07, 6.45) is 5.04. The number of likely N-dealkylation sites (tertiary alicyclic amines) is 1. The molecule has 1 saturated heterocycles. The van der Waals surface area contributed by atoms with Crippen LogP contribution < -0.4 is 0 Å². The minimum Gasteiger partial charge on any atom is -0.342 e. The quantitative estimate of drug-likeness (QED) is 0.602. The number of hydrogen-bond acceptors (Lipinski definition) is 5. The van der Waals surface area contributed by atoms with E-state index in [2.05, 4.69) is 14.7 Å². The average Bonchev–Trinajstić information content (AvgIpc) is 3.36. The van der Waals surface area contributed by atoms with Crippen molar-refractivity contribution < 1.29 is 9.59 Å². The molecule has 0 aliphatic carbocycles. The summed E-state index contributed by atoms with van der Waals surface area (Å²) in [4.78, 5) is 31.5. The molecule has 0 atom stereocenters. The number of aromatic nitrogens is 1. The maximum atomic E-state index is 12.9. The Morgan fingerprint density at radius 1 is 1.20 bits per heavy atom. The number of benzene rings is 1. The molecule has 35 heavy (non-hydrogen) atoms. The van der Waals surface area contributed by atoms with Crippen LogP contribution in [0.25, 0.3) is 11.8 Å². The SMILES string of the molecule is Cc1cc(C=C2C(=N)N3N=C(CC(=O)N4CCCCC4)SC3=NC2=O)c(C)n1-c1cccc(Cl)c1. The van der Waals surface area contributed by atoms with E-state index in [9.17, 15) is 9.59 Å². The van der Waals surface area contributed by atoms with Gasteiger partial charge in [-0.15, -0.1) is 0 Å². The summed E-state index contributed by atoms with van der Waals surface area (Å²) in [5.74, 6) is -0.501. The molecule has 3 aliphatic rings. The predicted octanol–water partition coefficient (Wildman–Crippen LogP) is 4.77. The van der Waals surface area contributed by atoms with Crippen molar-refractivity contribution in [1.29, 1.82) is 5.41 Å². The lowest BCUT2D eigenvalue weighted by molar-refractivity contribution is -0.130. The molecule has 1 aromatic heterocycles. The van der Waals surface area contributed by atoms with Crippen LogP contribution in [-0.2, 0) is 9.59 Å². The molecule has 0 spiro atoms. The summed E-state index contributed by atoms with van der Waals surface area (Å²) in [5.41, 5.74) is 3.79.